The molecule has 1 fully saturated rings. The fourth-order valence-corrected chi connectivity index (χ4v) is 1.99. The van der Waals surface area contributed by atoms with Gasteiger partial charge in [0.2, 0.25) is 0 Å². The molecule has 1 aromatic heterocycles. The Morgan fingerprint density at radius 1 is 1.33 bits per heavy atom. The lowest BCUT2D eigenvalue weighted by atomic mass is 10.3. The van der Waals surface area contributed by atoms with E-state index in [1.54, 1.807) is 12.1 Å². The molecule has 0 aromatic carbocycles. The van der Waals surface area contributed by atoms with Gasteiger partial charge in [-0.2, -0.15) is 0 Å². The number of nitrogens with one attached hydrogen (secondary N) is 1. The van der Waals surface area contributed by atoms with Crippen LogP contribution in [-0.2, 0) is 0 Å². The van der Waals surface area contributed by atoms with E-state index in [-0.39, 0.29) is 12.5 Å². The Morgan fingerprint density at radius 3 is 2.67 bits per heavy atom. The molecule has 2 rings (SSSR count). The van der Waals surface area contributed by atoms with Gasteiger partial charge in [-0.1, -0.05) is 0 Å². The van der Waals surface area contributed by atoms with Crippen LogP contribution in [0.1, 0.15) is 10.6 Å². The van der Waals surface area contributed by atoms with E-state index in [0.717, 1.165) is 32.7 Å². The fourth-order valence-electron chi connectivity index (χ4n) is 1.99. The van der Waals surface area contributed by atoms with E-state index >= 15 is 0 Å². The molecule has 6 heteroatoms. The number of carbonyl (C=O) groups is 1. The lowest BCUT2D eigenvalue weighted by Crippen LogP contribution is -2.50. The van der Waals surface area contributed by atoms with Gasteiger partial charge in [0.05, 0.1) is 19.5 Å². The fraction of sp³-hybridized carbons (Fsp3) is 0.583. The SMILES string of the molecule is O=C(NCN1CCN(CCO)CC1)c1ccco1. The summed E-state index contributed by atoms with van der Waals surface area (Å²) in [5.74, 6) is 0.159. The summed E-state index contributed by atoms with van der Waals surface area (Å²) >= 11 is 0. The molecule has 0 spiro atoms. The predicted octanol–water partition coefficient (Wildman–Crippen LogP) is -0.423. The zero-order valence-corrected chi connectivity index (χ0v) is 10.3. The van der Waals surface area contributed by atoms with E-state index in [9.17, 15) is 4.79 Å². The second-order valence-corrected chi connectivity index (χ2v) is 4.32. The molecule has 2 N–H and O–H groups in total. The van der Waals surface area contributed by atoms with Gasteiger partial charge in [-0.05, 0) is 12.1 Å². The number of amides is 1. The lowest BCUT2D eigenvalue weighted by molar-refractivity contribution is 0.0824. The zero-order chi connectivity index (χ0) is 12.8. The Labute approximate surface area is 106 Å². The van der Waals surface area contributed by atoms with Crippen molar-refractivity contribution in [3.05, 3.63) is 24.2 Å². The topological polar surface area (TPSA) is 69.0 Å². The summed E-state index contributed by atoms with van der Waals surface area (Å²) in [6.45, 7) is 5.12. The van der Waals surface area contributed by atoms with Gasteiger partial charge in [-0.15, -0.1) is 0 Å². The summed E-state index contributed by atoms with van der Waals surface area (Å²) < 4.78 is 5.02. The van der Waals surface area contributed by atoms with Crippen LogP contribution in [-0.4, -0.2) is 66.8 Å². The molecule has 2 heterocycles. The average Bonchev–Trinajstić information content (AvgIpc) is 2.92. The maximum absolute atomic E-state index is 11.6. The number of aliphatic hydroxyl groups is 1. The van der Waals surface area contributed by atoms with Crippen molar-refractivity contribution in [2.75, 3.05) is 46.0 Å². The molecule has 100 valence electrons. The Hall–Kier alpha value is -1.37. The van der Waals surface area contributed by atoms with Crippen LogP contribution in [0.3, 0.4) is 0 Å². The van der Waals surface area contributed by atoms with Gasteiger partial charge in [-0.25, -0.2) is 0 Å². The highest BCUT2D eigenvalue weighted by atomic mass is 16.3. The minimum Gasteiger partial charge on any atom is -0.459 e. The molecule has 0 bridgehead atoms. The van der Waals surface area contributed by atoms with Crippen molar-refractivity contribution in [2.24, 2.45) is 0 Å². The average molecular weight is 253 g/mol. The second kappa shape index (κ2) is 6.53. The first-order valence-electron chi connectivity index (χ1n) is 6.17. The Morgan fingerprint density at radius 2 is 2.06 bits per heavy atom. The maximum atomic E-state index is 11.6. The van der Waals surface area contributed by atoms with Crippen LogP contribution in [0, 0.1) is 0 Å². The molecule has 0 unspecified atom stereocenters. The quantitative estimate of drug-likeness (QED) is 0.746. The van der Waals surface area contributed by atoms with Crippen molar-refractivity contribution in [3.8, 4) is 0 Å². The minimum atomic E-state index is -0.183. The van der Waals surface area contributed by atoms with Crippen LogP contribution < -0.4 is 5.32 Å². The van der Waals surface area contributed by atoms with Crippen molar-refractivity contribution < 1.29 is 14.3 Å². The summed E-state index contributed by atoms with van der Waals surface area (Å²) in [7, 11) is 0. The summed E-state index contributed by atoms with van der Waals surface area (Å²) in [6.07, 6.45) is 1.49. The third-order valence-corrected chi connectivity index (χ3v) is 3.09. The number of carbonyl (C=O) groups excluding carboxylic acids is 1. The van der Waals surface area contributed by atoms with E-state index in [1.807, 2.05) is 0 Å². The van der Waals surface area contributed by atoms with E-state index in [4.69, 9.17) is 9.52 Å². The van der Waals surface area contributed by atoms with Crippen LogP contribution in [0.5, 0.6) is 0 Å². The Bertz CT molecular complexity index is 359. The first kappa shape index (κ1) is 13.1. The van der Waals surface area contributed by atoms with Crippen molar-refractivity contribution in [1.29, 1.82) is 0 Å². The third-order valence-electron chi connectivity index (χ3n) is 3.09. The number of furan rings is 1. The van der Waals surface area contributed by atoms with E-state index in [2.05, 4.69) is 15.1 Å². The molecule has 1 aromatic rings. The standard InChI is InChI=1S/C12H19N3O3/c16-8-7-14-3-5-15(6-4-14)10-13-12(17)11-2-1-9-18-11/h1-2,9,16H,3-8,10H2,(H,13,17). The maximum Gasteiger partial charge on any atom is 0.287 e. The van der Waals surface area contributed by atoms with Crippen LogP contribution in [0.15, 0.2) is 22.8 Å². The summed E-state index contributed by atoms with van der Waals surface area (Å²) in [5, 5.41) is 11.7. The van der Waals surface area contributed by atoms with Gasteiger partial charge < -0.3 is 14.8 Å². The normalized spacial score (nSPS) is 17.8. The van der Waals surface area contributed by atoms with Crippen molar-refractivity contribution in [2.45, 2.75) is 0 Å². The van der Waals surface area contributed by atoms with Gasteiger partial charge in [0.25, 0.3) is 5.91 Å². The minimum absolute atomic E-state index is 0.183. The van der Waals surface area contributed by atoms with Gasteiger partial charge in [0.1, 0.15) is 0 Å². The van der Waals surface area contributed by atoms with Gasteiger partial charge >= 0.3 is 0 Å². The number of hydrogen-bond donors (Lipinski definition) is 2. The van der Waals surface area contributed by atoms with Crippen molar-refractivity contribution >= 4 is 5.91 Å². The molecule has 1 amide bonds. The lowest BCUT2D eigenvalue weighted by Gasteiger charge is -2.34. The molecule has 1 aliphatic heterocycles. The van der Waals surface area contributed by atoms with E-state index in [0.29, 0.717) is 12.4 Å². The molecular formula is C12H19N3O3. The second-order valence-electron chi connectivity index (χ2n) is 4.32. The van der Waals surface area contributed by atoms with Gasteiger partial charge in [-0.3, -0.25) is 14.6 Å². The van der Waals surface area contributed by atoms with Crippen LogP contribution in [0.25, 0.3) is 0 Å². The molecule has 0 saturated carbocycles. The first-order valence-corrected chi connectivity index (χ1v) is 6.17. The predicted molar refractivity (Wildman–Crippen MR) is 66.1 cm³/mol. The molecule has 1 saturated heterocycles. The smallest absolute Gasteiger partial charge is 0.287 e. The van der Waals surface area contributed by atoms with E-state index < -0.39 is 0 Å². The summed E-state index contributed by atoms with van der Waals surface area (Å²) in [4.78, 5) is 16.0. The van der Waals surface area contributed by atoms with Gasteiger partial charge in [0.15, 0.2) is 5.76 Å². The zero-order valence-electron chi connectivity index (χ0n) is 10.3. The largest absolute Gasteiger partial charge is 0.459 e. The molecule has 6 nitrogen and oxygen atoms in total. The summed E-state index contributed by atoms with van der Waals surface area (Å²) in [5.41, 5.74) is 0. The number of rotatable bonds is 5. The Kier molecular flexibility index (Phi) is 4.74. The Balaban J connectivity index is 1.68. The molecule has 1 aliphatic rings. The van der Waals surface area contributed by atoms with Crippen molar-refractivity contribution in [1.82, 2.24) is 15.1 Å². The van der Waals surface area contributed by atoms with E-state index in [1.165, 1.54) is 6.26 Å². The molecular weight excluding hydrogens is 234 g/mol. The highest BCUT2D eigenvalue weighted by Crippen LogP contribution is 2.02. The highest BCUT2D eigenvalue weighted by Gasteiger charge is 2.17. The molecule has 0 atom stereocenters. The van der Waals surface area contributed by atoms with Crippen LogP contribution >= 0.6 is 0 Å². The molecule has 0 aliphatic carbocycles. The van der Waals surface area contributed by atoms with Crippen molar-refractivity contribution in [3.63, 3.8) is 0 Å². The van der Waals surface area contributed by atoms with Gasteiger partial charge in [0, 0.05) is 32.7 Å². The number of nitrogens with zero attached hydrogens (tertiary/aromatic N) is 2. The number of piperazine rings is 1. The van der Waals surface area contributed by atoms with Crippen LogP contribution in [0.2, 0.25) is 0 Å². The molecule has 18 heavy (non-hydrogen) atoms. The third kappa shape index (κ3) is 3.56. The first-order chi connectivity index (χ1) is 8.79. The number of β-amino-alcohol motifs (C(OH)–C–C–N with tert-alkyl or cyclic N) is 1. The van der Waals surface area contributed by atoms with Crippen LogP contribution in [0.4, 0.5) is 0 Å². The molecule has 0 radical (unpaired) electrons. The monoisotopic (exact) mass is 253 g/mol. The number of hydrogen-bond acceptors (Lipinski definition) is 5. The summed E-state index contributed by atoms with van der Waals surface area (Å²) in [6, 6.07) is 3.34. The highest BCUT2D eigenvalue weighted by molar-refractivity contribution is 5.91. The number of aliphatic hydroxyl groups excluding tert-OH is 1.